The van der Waals surface area contributed by atoms with Gasteiger partial charge < -0.3 is 4.90 Å². The van der Waals surface area contributed by atoms with Crippen LogP contribution < -0.4 is 4.90 Å². The molecule has 0 unspecified atom stereocenters. The summed E-state index contributed by atoms with van der Waals surface area (Å²) in [6, 6.07) is 19.4. The highest BCUT2D eigenvalue weighted by atomic mass is 16.2. The summed E-state index contributed by atoms with van der Waals surface area (Å²) in [5, 5.41) is 6.36. The number of para-hydroxylation sites is 1. The molecule has 0 radical (unpaired) electrons. The van der Waals surface area contributed by atoms with Gasteiger partial charge in [-0.2, -0.15) is 5.10 Å². The Morgan fingerprint density at radius 2 is 1.67 bits per heavy atom. The van der Waals surface area contributed by atoms with Crippen LogP contribution in [-0.2, 0) is 6.54 Å². The second-order valence-corrected chi connectivity index (χ2v) is 4.55. The van der Waals surface area contributed by atoms with E-state index in [4.69, 9.17) is 0 Å². The van der Waals surface area contributed by atoms with E-state index in [9.17, 15) is 4.79 Å². The van der Waals surface area contributed by atoms with E-state index in [1.165, 1.54) is 6.33 Å². The molecule has 0 fully saturated rings. The molecule has 1 amide bonds. The Morgan fingerprint density at radius 1 is 1.00 bits per heavy atom. The highest BCUT2D eigenvalue weighted by Crippen LogP contribution is 2.18. The molecule has 2 aromatic carbocycles. The fourth-order valence-corrected chi connectivity index (χ4v) is 2.09. The Bertz CT molecular complexity index is 696. The van der Waals surface area contributed by atoms with Gasteiger partial charge >= 0.3 is 0 Å². The van der Waals surface area contributed by atoms with Gasteiger partial charge in [0.25, 0.3) is 5.91 Å². The molecule has 3 rings (SSSR count). The van der Waals surface area contributed by atoms with Gasteiger partial charge in [-0.1, -0.05) is 48.5 Å². The summed E-state index contributed by atoms with van der Waals surface area (Å²) < 4.78 is 0. The van der Waals surface area contributed by atoms with Crippen molar-refractivity contribution in [3.8, 4) is 0 Å². The van der Waals surface area contributed by atoms with E-state index in [1.807, 2.05) is 60.7 Å². The van der Waals surface area contributed by atoms with Crippen molar-refractivity contribution in [3.63, 3.8) is 0 Å². The lowest BCUT2D eigenvalue weighted by Gasteiger charge is -2.21. The molecule has 1 N–H and O–H groups in total. The summed E-state index contributed by atoms with van der Waals surface area (Å²) in [5.41, 5.74) is 1.87. The van der Waals surface area contributed by atoms with Crippen molar-refractivity contribution in [2.75, 3.05) is 4.90 Å². The van der Waals surface area contributed by atoms with E-state index in [-0.39, 0.29) is 11.7 Å². The maximum atomic E-state index is 12.6. The lowest BCUT2D eigenvalue weighted by molar-refractivity contribution is 0.0975. The Morgan fingerprint density at radius 3 is 2.29 bits per heavy atom. The van der Waals surface area contributed by atoms with Crippen LogP contribution in [0.1, 0.15) is 16.2 Å². The first-order valence-corrected chi connectivity index (χ1v) is 6.61. The molecule has 5 heteroatoms. The zero-order valence-corrected chi connectivity index (χ0v) is 11.3. The molecule has 0 saturated carbocycles. The largest absolute Gasteiger partial charge is 0.301 e. The Hall–Kier alpha value is -2.95. The third-order valence-electron chi connectivity index (χ3n) is 3.11. The van der Waals surface area contributed by atoms with Gasteiger partial charge in [-0.05, 0) is 17.7 Å². The van der Waals surface area contributed by atoms with Crippen LogP contribution in [0.3, 0.4) is 0 Å². The molecule has 0 aliphatic rings. The molecule has 0 atom stereocenters. The minimum Gasteiger partial charge on any atom is -0.301 e. The van der Waals surface area contributed by atoms with Gasteiger partial charge in [-0.25, -0.2) is 4.98 Å². The van der Waals surface area contributed by atoms with Gasteiger partial charge in [-0.15, -0.1) is 0 Å². The summed E-state index contributed by atoms with van der Waals surface area (Å²) in [5.74, 6) is 0.0253. The van der Waals surface area contributed by atoms with Crippen molar-refractivity contribution in [2.45, 2.75) is 6.54 Å². The van der Waals surface area contributed by atoms with Gasteiger partial charge in [0.05, 0.1) is 6.54 Å². The molecular weight excluding hydrogens is 264 g/mol. The Labute approximate surface area is 122 Å². The number of amides is 1. The third kappa shape index (κ3) is 2.97. The number of aromatic nitrogens is 3. The van der Waals surface area contributed by atoms with Crippen molar-refractivity contribution in [3.05, 3.63) is 78.4 Å². The standard InChI is InChI=1S/C16H14N4O/c21-16(15-17-12-18-19-15)20(14-9-5-2-6-10-14)11-13-7-3-1-4-8-13/h1-10,12H,11H2,(H,17,18,19). The van der Waals surface area contributed by atoms with Gasteiger partial charge in [-0.3, -0.25) is 9.89 Å². The molecule has 3 aromatic rings. The van der Waals surface area contributed by atoms with E-state index in [2.05, 4.69) is 15.2 Å². The predicted octanol–water partition coefficient (Wildman–Crippen LogP) is 2.65. The number of nitrogens with zero attached hydrogens (tertiary/aromatic N) is 3. The number of carbonyl (C=O) groups excluding carboxylic acids is 1. The molecule has 1 heterocycles. The molecule has 21 heavy (non-hydrogen) atoms. The van der Waals surface area contributed by atoms with Crippen molar-refractivity contribution < 1.29 is 4.79 Å². The number of hydrogen-bond donors (Lipinski definition) is 1. The number of aromatic amines is 1. The molecular formula is C16H14N4O. The van der Waals surface area contributed by atoms with Crippen LogP contribution >= 0.6 is 0 Å². The van der Waals surface area contributed by atoms with Gasteiger partial charge in [0.15, 0.2) is 0 Å². The number of hydrogen-bond acceptors (Lipinski definition) is 3. The zero-order chi connectivity index (χ0) is 14.5. The van der Waals surface area contributed by atoms with Gasteiger partial charge in [0.2, 0.25) is 5.82 Å². The zero-order valence-electron chi connectivity index (χ0n) is 11.3. The second kappa shape index (κ2) is 6.00. The molecule has 104 valence electrons. The summed E-state index contributed by atoms with van der Waals surface area (Å²) in [6.45, 7) is 0.477. The first-order valence-electron chi connectivity index (χ1n) is 6.61. The maximum Gasteiger partial charge on any atom is 0.295 e. The van der Waals surface area contributed by atoms with Crippen LogP contribution in [0.4, 0.5) is 5.69 Å². The number of H-pyrrole nitrogens is 1. The van der Waals surface area contributed by atoms with E-state index >= 15 is 0 Å². The van der Waals surface area contributed by atoms with E-state index in [0.717, 1.165) is 11.3 Å². The van der Waals surface area contributed by atoms with Crippen molar-refractivity contribution in [2.24, 2.45) is 0 Å². The minimum atomic E-state index is -0.206. The fraction of sp³-hybridized carbons (Fsp3) is 0.0625. The van der Waals surface area contributed by atoms with Crippen LogP contribution in [-0.4, -0.2) is 21.1 Å². The maximum absolute atomic E-state index is 12.6. The number of anilines is 1. The lowest BCUT2D eigenvalue weighted by Crippen LogP contribution is -2.31. The molecule has 5 nitrogen and oxygen atoms in total. The predicted molar refractivity (Wildman–Crippen MR) is 79.8 cm³/mol. The Kier molecular flexibility index (Phi) is 3.73. The highest BCUT2D eigenvalue weighted by Gasteiger charge is 2.20. The average molecular weight is 278 g/mol. The number of rotatable bonds is 4. The van der Waals surface area contributed by atoms with Crippen LogP contribution in [0.15, 0.2) is 67.0 Å². The second-order valence-electron chi connectivity index (χ2n) is 4.55. The molecule has 0 saturated heterocycles. The number of nitrogens with one attached hydrogen (secondary N) is 1. The van der Waals surface area contributed by atoms with Crippen molar-refractivity contribution >= 4 is 11.6 Å². The van der Waals surface area contributed by atoms with Crippen molar-refractivity contribution in [1.82, 2.24) is 15.2 Å². The molecule has 1 aromatic heterocycles. The highest BCUT2D eigenvalue weighted by molar-refractivity contribution is 6.03. The van der Waals surface area contributed by atoms with Gasteiger partial charge in [0.1, 0.15) is 6.33 Å². The molecule has 0 spiro atoms. The SMILES string of the molecule is O=C(c1ncn[nH]1)N(Cc1ccccc1)c1ccccc1. The number of benzene rings is 2. The smallest absolute Gasteiger partial charge is 0.295 e. The fourth-order valence-electron chi connectivity index (χ4n) is 2.09. The van der Waals surface area contributed by atoms with E-state index < -0.39 is 0 Å². The van der Waals surface area contributed by atoms with Gasteiger partial charge in [0, 0.05) is 5.69 Å². The van der Waals surface area contributed by atoms with E-state index in [1.54, 1.807) is 4.90 Å². The summed E-state index contributed by atoms with van der Waals surface area (Å²) in [6.07, 6.45) is 1.33. The lowest BCUT2D eigenvalue weighted by atomic mass is 10.2. The monoisotopic (exact) mass is 278 g/mol. The summed E-state index contributed by atoms with van der Waals surface area (Å²) in [7, 11) is 0. The van der Waals surface area contributed by atoms with Crippen LogP contribution in [0, 0.1) is 0 Å². The Balaban J connectivity index is 1.93. The van der Waals surface area contributed by atoms with Crippen molar-refractivity contribution in [1.29, 1.82) is 0 Å². The summed E-state index contributed by atoms with van der Waals surface area (Å²) >= 11 is 0. The van der Waals surface area contributed by atoms with E-state index in [0.29, 0.717) is 6.54 Å². The molecule has 0 aliphatic heterocycles. The molecule has 0 aliphatic carbocycles. The minimum absolute atomic E-state index is 0.206. The molecule has 0 bridgehead atoms. The quantitative estimate of drug-likeness (QED) is 0.798. The number of carbonyl (C=O) groups is 1. The normalized spacial score (nSPS) is 10.3. The summed E-state index contributed by atoms with van der Waals surface area (Å²) in [4.78, 5) is 18.2. The van der Waals surface area contributed by atoms with Crippen LogP contribution in [0.2, 0.25) is 0 Å². The van der Waals surface area contributed by atoms with Crippen LogP contribution in [0.25, 0.3) is 0 Å². The average Bonchev–Trinajstić information content (AvgIpc) is 3.08. The first kappa shape index (κ1) is 13.1. The first-order chi connectivity index (χ1) is 10.3. The van der Waals surface area contributed by atoms with Crippen LogP contribution in [0.5, 0.6) is 0 Å². The topological polar surface area (TPSA) is 61.9 Å². The third-order valence-corrected chi connectivity index (χ3v) is 3.11.